The number of rotatable bonds is 8. The second kappa shape index (κ2) is 12.6. The first kappa shape index (κ1) is 29.9. The van der Waals surface area contributed by atoms with Crippen LogP contribution in [0.3, 0.4) is 0 Å². The van der Waals surface area contributed by atoms with E-state index in [4.69, 9.17) is 18.9 Å². The van der Waals surface area contributed by atoms with E-state index in [0.717, 1.165) is 42.9 Å². The lowest BCUT2D eigenvalue weighted by Gasteiger charge is -2.30. The first-order valence-electron chi connectivity index (χ1n) is 16.2. The molecule has 3 aromatic carbocycles. The highest BCUT2D eigenvalue weighted by Gasteiger charge is 2.31. The third kappa shape index (κ3) is 5.61. The minimum Gasteiger partial charge on any atom is -0.488 e. The predicted octanol–water partition coefficient (Wildman–Crippen LogP) is 3.60. The van der Waals surface area contributed by atoms with Gasteiger partial charge >= 0.3 is 0 Å². The fourth-order valence-corrected chi connectivity index (χ4v) is 6.78. The van der Waals surface area contributed by atoms with E-state index < -0.39 is 17.2 Å². The summed E-state index contributed by atoms with van der Waals surface area (Å²) >= 11 is 0. The van der Waals surface area contributed by atoms with Crippen molar-refractivity contribution in [1.29, 1.82) is 0 Å². The van der Waals surface area contributed by atoms with Crippen molar-refractivity contribution in [3.63, 3.8) is 0 Å². The Kier molecular flexibility index (Phi) is 8.01. The summed E-state index contributed by atoms with van der Waals surface area (Å²) in [6.07, 6.45) is 1.55. The molecule has 4 aliphatic heterocycles. The van der Waals surface area contributed by atoms with Crippen LogP contribution in [0, 0.1) is 5.82 Å². The lowest BCUT2D eigenvalue weighted by Crippen LogP contribution is -2.42. The number of aromatic nitrogens is 1. The Morgan fingerprint density at radius 2 is 1.60 bits per heavy atom. The molecular formula is C35H36FN5O6. The molecule has 1 amide bonds. The zero-order valence-corrected chi connectivity index (χ0v) is 26.0. The van der Waals surface area contributed by atoms with Gasteiger partial charge in [-0.1, -0.05) is 24.3 Å². The van der Waals surface area contributed by atoms with E-state index in [1.807, 2.05) is 30.3 Å². The van der Waals surface area contributed by atoms with Gasteiger partial charge in [-0.2, -0.15) is 0 Å². The van der Waals surface area contributed by atoms with Gasteiger partial charge in [-0.15, -0.1) is 0 Å². The second-order valence-electron chi connectivity index (χ2n) is 12.2. The molecule has 0 unspecified atom stereocenters. The average molecular weight is 642 g/mol. The van der Waals surface area contributed by atoms with Crippen LogP contribution in [-0.4, -0.2) is 99.1 Å². The Hall–Kier alpha value is -4.49. The summed E-state index contributed by atoms with van der Waals surface area (Å²) in [6, 6.07) is 13.0. The molecule has 2 fully saturated rings. The van der Waals surface area contributed by atoms with Crippen molar-refractivity contribution in [3.8, 4) is 34.1 Å². The molecule has 0 spiro atoms. The number of fused-ring (bicyclic) bond motifs is 5. The van der Waals surface area contributed by atoms with Crippen LogP contribution in [0.15, 0.2) is 53.5 Å². The number of carbonyl (C=O) groups excluding carboxylic acids is 1. The fraction of sp³-hybridized carbons (Fsp3) is 0.371. The Morgan fingerprint density at radius 1 is 0.872 bits per heavy atom. The molecule has 47 heavy (non-hydrogen) atoms. The lowest BCUT2D eigenvalue weighted by atomic mass is 9.95. The smallest absolute Gasteiger partial charge is 0.256 e. The third-order valence-electron chi connectivity index (χ3n) is 9.31. The largest absolute Gasteiger partial charge is 0.488 e. The van der Waals surface area contributed by atoms with Gasteiger partial charge in [0.1, 0.15) is 29.1 Å². The van der Waals surface area contributed by atoms with Gasteiger partial charge < -0.3 is 34.1 Å². The summed E-state index contributed by atoms with van der Waals surface area (Å²) in [5.74, 6) is 0.128. The van der Waals surface area contributed by atoms with Crippen molar-refractivity contribution in [1.82, 2.24) is 19.7 Å². The molecule has 0 aliphatic carbocycles. The molecule has 244 valence electrons. The van der Waals surface area contributed by atoms with E-state index >= 15 is 4.39 Å². The minimum atomic E-state index is -0.630. The molecule has 0 radical (unpaired) electrons. The van der Waals surface area contributed by atoms with Crippen molar-refractivity contribution in [3.05, 3.63) is 75.8 Å². The topological polar surface area (TPSA) is 107 Å². The molecule has 8 rings (SSSR count). The maximum Gasteiger partial charge on any atom is 0.256 e. The predicted molar refractivity (Wildman–Crippen MR) is 175 cm³/mol. The number of nitrogens with one attached hydrogen (secondary N) is 2. The highest BCUT2D eigenvalue weighted by Crippen LogP contribution is 2.49. The van der Waals surface area contributed by atoms with Crippen LogP contribution in [0.5, 0.6) is 17.2 Å². The molecule has 0 saturated carbocycles. The number of carbonyl (C=O) groups is 1. The van der Waals surface area contributed by atoms with Crippen LogP contribution in [0.25, 0.3) is 27.7 Å². The van der Waals surface area contributed by atoms with Crippen molar-refractivity contribution in [2.24, 2.45) is 0 Å². The van der Waals surface area contributed by atoms with Gasteiger partial charge in [0, 0.05) is 70.2 Å². The fourth-order valence-electron chi connectivity index (χ4n) is 6.78. The molecule has 11 nitrogen and oxygen atoms in total. The average Bonchev–Trinajstić information content (AvgIpc) is 3.10. The summed E-state index contributed by atoms with van der Waals surface area (Å²) in [5, 5.41) is 6.20. The number of nitrogens with zero attached hydrogens (tertiary/aromatic N) is 3. The van der Waals surface area contributed by atoms with E-state index in [1.54, 1.807) is 16.8 Å². The molecule has 0 atom stereocenters. The molecule has 0 bridgehead atoms. The summed E-state index contributed by atoms with van der Waals surface area (Å²) in [4.78, 5) is 31.9. The van der Waals surface area contributed by atoms with Crippen molar-refractivity contribution in [2.45, 2.75) is 6.61 Å². The normalized spacial score (nSPS) is 17.2. The molecule has 12 heteroatoms. The van der Waals surface area contributed by atoms with Crippen molar-refractivity contribution >= 4 is 22.5 Å². The van der Waals surface area contributed by atoms with Crippen molar-refractivity contribution < 1.29 is 28.1 Å². The van der Waals surface area contributed by atoms with Gasteiger partial charge in [-0.3, -0.25) is 19.4 Å². The van der Waals surface area contributed by atoms with Gasteiger partial charge in [0.25, 0.3) is 5.91 Å². The van der Waals surface area contributed by atoms with Gasteiger partial charge in [0.15, 0.2) is 17.3 Å². The summed E-state index contributed by atoms with van der Waals surface area (Å²) in [7, 11) is 0. The van der Waals surface area contributed by atoms with Crippen LogP contribution in [0.2, 0.25) is 0 Å². The molecule has 1 aromatic heterocycles. The minimum absolute atomic E-state index is 0.0667. The highest BCUT2D eigenvalue weighted by molar-refractivity contribution is 6.01. The number of morpholine rings is 2. The van der Waals surface area contributed by atoms with Crippen LogP contribution >= 0.6 is 0 Å². The van der Waals surface area contributed by atoms with Gasteiger partial charge in [0.05, 0.1) is 37.5 Å². The number of pyridine rings is 1. The number of hydrogen-bond acceptors (Lipinski definition) is 9. The monoisotopic (exact) mass is 641 g/mol. The quantitative estimate of drug-likeness (QED) is 0.263. The van der Waals surface area contributed by atoms with E-state index in [0.29, 0.717) is 81.9 Å². The Morgan fingerprint density at radius 3 is 2.36 bits per heavy atom. The van der Waals surface area contributed by atoms with E-state index in [-0.39, 0.29) is 22.4 Å². The maximum absolute atomic E-state index is 16.0. The molecule has 2 N–H and O–H groups in total. The standard InChI is InChI=1S/C35H36FN5O6/c36-27-17-25-32-34(31(27)37-5-7-39-9-13-44-14-10-39)47-30-19-29-24(23-4-2-1-3-22(23)21-46-29)18-28(30)41(32)20-26(33(25)42)35(43)38-6-8-40-11-15-45-16-12-40/h1-4,17-20,37H,5-16,21H2,(H,38,43). The number of anilines is 1. The Bertz CT molecular complexity index is 1920. The van der Waals surface area contributed by atoms with Crippen LogP contribution < -0.4 is 25.5 Å². The highest BCUT2D eigenvalue weighted by atomic mass is 19.1. The number of ether oxygens (including phenoxy) is 4. The molecule has 4 aliphatic rings. The third-order valence-corrected chi connectivity index (χ3v) is 9.31. The Labute approximate surface area is 270 Å². The molecule has 2 saturated heterocycles. The van der Waals surface area contributed by atoms with Gasteiger partial charge in [-0.25, -0.2) is 4.39 Å². The summed E-state index contributed by atoms with van der Waals surface area (Å²) < 4.78 is 41.2. The van der Waals surface area contributed by atoms with E-state index in [1.165, 1.54) is 6.07 Å². The van der Waals surface area contributed by atoms with Crippen LogP contribution in [-0.2, 0) is 16.1 Å². The molecule has 4 aromatic rings. The number of amides is 1. The second-order valence-corrected chi connectivity index (χ2v) is 12.2. The maximum atomic E-state index is 16.0. The van der Waals surface area contributed by atoms with Gasteiger partial charge in [-0.05, 0) is 23.3 Å². The first-order valence-corrected chi connectivity index (χ1v) is 16.2. The SMILES string of the molecule is O=C(NCCN1CCOCC1)c1cn2c3c(c(NCCN4CCOCC4)c(F)cc3c1=O)Oc1cc3c(cc1-2)-c1ccccc1CO3. The van der Waals surface area contributed by atoms with Gasteiger partial charge in [0.2, 0.25) is 5.43 Å². The number of hydrogen-bond donors (Lipinski definition) is 2. The van der Waals surface area contributed by atoms with E-state index in [9.17, 15) is 9.59 Å². The lowest BCUT2D eigenvalue weighted by molar-refractivity contribution is 0.0383. The summed E-state index contributed by atoms with van der Waals surface area (Å²) in [6.45, 7) is 8.41. The Balaban J connectivity index is 1.20. The zero-order chi connectivity index (χ0) is 31.9. The van der Waals surface area contributed by atoms with Crippen molar-refractivity contribution in [2.75, 3.05) is 84.1 Å². The molecular weight excluding hydrogens is 605 g/mol. The number of benzene rings is 3. The summed E-state index contributed by atoms with van der Waals surface area (Å²) in [5.41, 5.74) is 3.51. The number of halogens is 1. The first-order chi connectivity index (χ1) is 23.0. The van der Waals surface area contributed by atoms with E-state index in [2.05, 4.69) is 20.4 Å². The zero-order valence-electron chi connectivity index (χ0n) is 26.0. The van der Waals surface area contributed by atoms with Crippen LogP contribution in [0.4, 0.5) is 10.1 Å². The van der Waals surface area contributed by atoms with Crippen LogP contribution in [0.1, 0.15) is 15.9 Å². The molecule has 5 heterocycles.